The highest BCUT2D eigenvalue weighted by Gasteiger charge is 2.52. The van der Waals surface area contributed by atoms with E-state index in [0.29, 0.717) is 16.6 Å². The molecular formula is C22H36O. The Hall–Kier alpha value is -0.590. The third-order valence-corrected chi connectivity index (χ3v) is 7.76. The summed E-state index contributed by atoms with van der Waals surface area (Å²) in [5.41, 5.74) is 2.75. The lowest BCUT2D eigenvalue weighted by Crippen LogP contribution is -2.49. The molecule has 130 valence electrons. The smallest absolute Gasteiger partial charge is 0.129 e. The molecule has 0 aromatic heterocycles. The van der Waals surface area contributed by atoms with Crippen molar-refractivity contribution in [3.8, 4) is 0 Å². The molecule has 3 aliphatic carbocycles. The fourth-order valence-electron chi connectivity index (χ4n) is 6.37. The summed E-state index contributed by atoms with van der Waals surface area (Å²) >= 11 is 0. The van der Waals surface area contributed by atoms with Crippen molar-refractivity contribution in [1.82, 2.24) is 0 Å². The molecule has 3 aliphatic rings. The number of Topliss-reactive ketones (excluding diaryl/α,β-unsaturated/α-hetero) is 1. The lowest BCUT2D eigenvalue weighted by Gasteiger charge is -2.57. The van der Waals surface area contributed by atoms with E-state index in [-0.39, 0.29) is 0 Å². The van der Waals surface area contributed by atoms with Crippen LogP contribution in [0.25, 0.3) is 0 Å². The lowest BCUT2D eigenvalue weighted by molar-refractivity contribution is -0.117. The Morgan fingerprint density at radius 3 is 2.74 bits per heavy atom. The Labute approximate surface area is 143 Å². The lowest BCUT2D eigenvalue weighted by atomic mass is 9.47. The number of fused-ring (bicyclic) bond motifs is 3. The van der Waals surface area contributed by atoms with Crippen LogP contribution in [0.3, 0.4) is 0 Å². The normalized spacial score (nSPS) is 39.1. The Morgan fingerprint density at radius 1 is 1.22 bits per heavy atom. The topological polar surface area (TPSA) is 17.1 Å². The molecule has 23 heavy (non-hydrogen) atoms. The van der Waals surface area contributed by atoms with Crippen molar-refractivity contribution in [1.29, 1.82) is 0 Å². The summed E-state index contributed by atoms with van der Waals surface area (Å²) in [6.45, 7) is 9.31. The van der Waals surface area contributed by atoms with Crippen LogP contribution in [0.15, 0.2) is 11.6 Å². The zero-order chi connectivity index (χ0) is 16.7. The largest absolute Gasteiger partial charge is 0.300 e. The van der Waals surface area contributed by atoms with Crippen molar-refractivity contribution >= 4 is 5.78 Å². The molecule has 0 radical (unpaired) electrons. The van der Waals surface area contributed by atoms with Gasteiger partial charge in [0.1, 0.15) is 5.78 Å². The summed E-state index contributed by atoms with van der Waals surface area (Å²) in [5, 5.41) is 0. The molecule has 2 fully saturated rings. The predicted octanol–water partition coefficient (Wildman–Crippen LogP) is 6.32. The van der Waals surface area contributed by atoms with E-state index < -0.39 is 0 Å². The van der Waals surface area contributed by atoms with Gasteiger partial charge in [-0.2, -0.15) is 0 Å². The molecule has 0 N–H and O–H groups in total. The van der Waals surface area contributed by atoms with E-state index in [0.717, 1.165) is 30.6 Å². The van der Waals surface area contributed by atoms with E-state index in [1.165, 1.54) is 51.4 Å². The number of hydrogen-bond donors (Lipinski definition) is 0. The average Bonchev–Trinajstić information content (AvgIpc) is 2.48. The fourth-order valence-corrected chi connectivity index (χ4v) is 6.37. The Kier molecular flexibility index (Phi) is 4.78. The quantitative estimate of drug-likeness (QED) is 0.554. The molecule has 0 heterocycles. The van der Waals surface area contributed by atoms with Crippen molar-refractivity contribution in [2.75, 3.05) is 0 Å². The van der Waals surface area contributed by atoms with Crippen LogP contribution in [0.5, 0.6) is 0 Å². The number of hydrogen-bond acceptors (Lipinski definition) is 1. The maximum atomic E-state index is 11.4. The van der Waals surface area contributed by atoms with Gasteiger partial charge in [-0.15, -0.1) is 0 Å². The minimum atomic E-state index is 0.361. The predicted molar refractivity (Wildman–Crippen MR) is 97.3 cm³/mol. The van der Waals surface area contributed by atoms with E-state index in [4.69, 9.17) is 0 Å². The molecule has 0 aliphatic heterocycles. The molecule has 0 bridgehead atoms. The van der Waals surface area contributed by atoms with E-state index >= 15 is 0 Å². The van der Waals surface area contributed by atoms with Crippen LogP contribution < -0.4 is 0 Å². The summed E-state index contributed by atoms with van der Waals surface area (Å²) in [6.07, 6.45) is 15.5. The maximum Gasteiger partial charge on any atom is 0.129 e. The van der Waals surface area contributed by atoms with Gasteiger partial charge in [0.05, 0.1) is 0 Å². The van der Waals surface area contributed by atoms with Crippen molar-refractivity contribution in [3.05, 3.63) is 11.6 Å². The minimum Gasteiger partial charge on any atom is -0.300 e. The van der Waals surface area contributed by atoms with Crippen LogP contribution in [-0.4, -0.2) is 5.78 Å². The van der Waals surface area contributed by atoms with Crippen LogP contribution in [0.1, 0.15) is 91.9 Å². The maximum absolute atomic E-state index is 11.4. The first-order chi connectivity index (χ1) is 10.8. The van der Waals surface area contributed by atoms with Gasteiger partial charge in [0.2, 0.25) is 0 Å². The van der Waals surface area contributed by atoms with E-state index in [1.807, 2.05) is 0 Å². The molecule has 1 nitrogen and oxygen atoms in total. The van der Waals surface area contributed by atoms with Gasteiger partial charge < -0.3 is 4.79 Å². The van der Waals surface area contributed by atoms with E-state index in [2.05, 4.69) is 26.8 Å². The first-order valence-electron chi connectivity index (χ1n) is 10.0. The van der Waals surface area contributed by atoms with Gasteiger partial charge in [-0.1, -0.05) is 38.8 Å². The van der Waals surface area contributed by atoms with Gasteiger partial charge in [-0.05, 0) is 86.9 Å². The van der Waals surface area contributed by atoms with Crippen LogP contribution in [0.2, 0.25) is 0 Å². The monoisotopic (exact) mass is 316 g/mol. The summed E-state index contributed by atoms with van der Waals surface area (Å²) in [5.74, 6) is 2.92. The minimum absolute atomic E-state index is 0.361. The molecule has 4 atom stereocenters. The molecule has 0 spiro atoms. The van der Waals surface area contributed by atoms with E-state index in [1.54, 1.807) is 12.5 Å². The molecule has 3 rings (SSSR count). The second-order valence-electron chi connectivity index (χ2n) is 9.59. The van der Waals surface area contributed by atoms with Crippen LogP contribution in [-0.2, 0) is 4.79 Å². The Balaban J connectivity index is 1.81. The van der Waals surface area contributed by atoms with Gasteiger partial charge >= 0.3 is 0 Å². The van der Waals surface area contributed by atoms with Gasteiger partial charge in [-0.25, -0.2) is 0 Å². The second kappa shape index (κ2) is 6.37. The van der Waals surface area contributed by atoms with Crippen LogP contribution in [0.4, 0.5) is 0 Å². The number of allylic oxidation sites excluding steroid dienone is 2. The first-order valence-corrected chi connectivity index (χ1v) is 10.0. The summed E-state index contributed by atoms with van der Waals surface area (Å²) in [4.78, 5) is 11.4. The molecule has 4 unspecified atom stereocenters. The number of ketones is 1. The Morgan fingerprint density at radius 2 is 2.00 bits per heavy atom. The van der Waals surface area contributed by atoms with Gasteiger partial charge in [0.15, 0.2) is 0 Å². The molecule has 0 aromatic rings. The third-order valence-electron chi connectivity index (χ3n) is 7.76. The second-order valence-corrected chi connectivity index (χ2v) is 9.59. The zero-order valence-electron chi connectivity index (χ0n) is 15.8. The van der Waals surface area contributed by atoms with Crippen molar-refractivity contribution in [2.24, 2.45) is 28.6 Å². The summed E-state index contributed by atoms with van der Waals surface area (Å²) in [7, 11) is 0. The standard InChI is InChI=1S/C22H36O/c1-16(23)8-7-10-19-18-12-11-17-9-5-6-14-22(17,4)20(18)13-15-21(19,2)3/h11,18-20H,5-10,12-15H2,1-4H3. The number of carbonyl (C=O) groups is 1. The van der Waals surface area contributed by atoms with E-state index in [9.17, 15) is 4.79 Å². The van der Waals surface area contributed by atoms with Crippen molar-refractivity contribution in [3.63, 3.8) is 0 Å². The first kappa shape index (κ1) is 17.2. The van der Waals surface area contributed by atoms with Crippen molar-refractivity contribution < 1.29 is 4.79 Å². The third kappa shape index (κ3) is 3.17. The van der Waals surface area contributed by atoms with Crippen LogP contribution in [0, 0.1) is 28.6 Å². The van der Waals surface area contributed by atoms with Crippen LogP contribution >= 0.6 is 0 Å². The van der Waals surface area contributed by atoms with Gasteiger partial charge in [-0.3, -0.25) is 0 Å². The molecule has 0 amide bonds. The number of carbonyl (C=O) groups excluding carboxylic acids is 1. The highest BCUT2D eigenvalue weighted by Crippen LogP contribution is 2.61. The molecule has 1 heteroatoms. The van der Waals surface area contributed by atoms with Crippen molar-refractivity contribution in [2.45, 2.75) is 91.9 Å². The molecule has 0 saturated heterocycles. The summed E-state index contributed by atoms with van der Waals surface area (Å²) in [6, 6.07) is 0. The highest BCUT2D eigenvalue weighted by molar-refractivity contribution is 5.75. The average molecular weight is 317 g/mol. The fraction of sp³-hybridized carbons (Fsp3) is 0.864. The number of rotatable bonds is 4. The Bertz CT molecular complexity index is 486. The van der Waals surface area contributed by atoms with Gasteiger partial charge in [0, 0.05) is 6.42 Å². The zero-order valence-corrected chi connectivity index (χ0v) is 15.8. The van der Waals surface area contributed by atoms with Gasteiger partial charge in [0.25, 0.3) is 0 Å². The molecular weight excluding hydrogens is 280 g/mol. The molecule has 0 aromatic carbocycles. The summed E-state index contributed by atoms with van der Waals surface area (Å²) < 4.78 is 0. The highest BCUT2D eigenvalue weighted by atomic mass is 16.1. The SMILES string of the molecule is CC(=O)CCCC1C2CC=C3CCCCC3(C)C2CCC1(C)C. The molecule has 2 saturated carbocycles.